The fourth-order valence-corrected chi connectivity index (χ4v) is 8.30. The maximum absolute atomic E-state index is 2.81. The minimum Gasteiger partial charge on any atom is -0.294 e. The molecule has 2 aromatic carbocycles. The Bertz CT molecular complexity index is 881. The summed E-state index contributed by atoms with van der Waals surface area (Å²) in [7, 11) is 0. The second-order valence-corrected chi connectivity index (χ2v) is 12.6. The highest BCUT2D eigenvalue weighted by Gasteiger charge is 2.42. The Balaban J connectivity index is 0.000000209. The SMILES string of the molecule is CC.CC(c1ccccc1)(C1CCCCC1)N1CCCCC1.CCN(CC)C(C)(c1ccccc1)C1CCCC1. The van der Waals surface area contributed by atoms with Gasteiger partial charge in [-0.3, -0.25) is 9.80 Å². The normalized spacial score (nSPS) is 21.9. The summed E-state index contributed by atoms with van der Waals surface area (Å²) in [5, 5.41) is 0. The Morgan fingerprint density at radius 1 is 0.600 bits per heavy atom. The Morgan fingerprint density at radius 2 is 1.02 bits per heavy atom. The van der Waals surface area contributed by atoms with Crippen LogP contribution in [0.15, 0.2) is 60.7 Å². The Labute approximate surface area is 248 Å². The van der Waals surface area contributed by atoms with Gasteiger partial charge >= 0.3 is 0 Å². The van der Waals surface area contributed by atoms with Crippen molar-refractivity contribution in [3.8, 4) is 0 Å². The molecule has 2 heteroatoms. The topological polar surface area (TPSA) is 6.48 Å². The van der Waals surface area contributed by atoms with Crippen LogP contribution in [-0.2, 0) is 11.1 Å². The van der Waals surface area contributed by atoms with Gasteiger partial charge in [0.15, 0.2) is 0 Å². The molecule has 3 aliphatic rings. The molecule has 3 fully saturated rings. The van der Waals surface area contributed by atoms with E-state index in [1.54, 1.807) is 5.56 Å². The van der Waals surface area contributed by atoms with Gasteiger partial charge in [0.05, 0.1) is 0 Å². The van der Waals surface area contributed by atoms with Crippen LogP contribution in [-0.4, -0.2) is 36.0 Å². The maximum atomic E-state index is 2.81. The lowest BCUT2D eigenvalue weighted by Gasteiger charge is -2.50. The number of rotatable bonds is 8. The van der Waals surface area contributed by atoms with E-state index < -0.39 is 0 Å². The smallest absolute Gasteiger partial charge is 0.0460 e. The first kappa shape index (κ1) is 32.9. The van der Waals surface area contributed by atoms with E-state index in [2.05, 4.69) is 98.2 Å². The number of piperidine rings is 1. The third-order valence-corrected chi connectivity index (χ3v) is 10.7. The molecular formula is C38H62N2. The van der Waals surface area contributed by atoms with E-state index >= 15 is 0 Å². The van der Waals surface area contributed by atoms with Crippen molar-refractivity contribution in [2.45, 2.75) is 130 Å². The van der Waals surface area contributed by atoms with Crippen molar-refractivity contribution in [2.24, 2.45) is 11.8 Å². The summed E-state index contributed by atoms with van der Waals surface area (Å²) in [5.41, 5.74) is 3.54. The third-order valence-electron chi connectivity index (χ3n) is 10.7. The van der Waals surface area contributed by atoms with E-state index in [4.69, 9.17) is 0 Å². The fourth-order valence-electron chi connectivity index (χ4n) is 8.30. The molecule has 0 spiro atoms. The van der Waals surface area contributed by atoms with Crippen molar-refractivity contribution in [3.05, 3.63) is 71.8 Å². The van der Waals surface area contributed by atoms with E-state index in [0.29, 0.717) is 0 Å². The summed E-state index contributed by atoms with van der Waals surface area (Å²) in [6.07, 6.45) is 16.9. The molecule has 0 amide bonds. The lowest BCUT2D eigenvalue weighted by atomic mass is 9.70. The molecule has 2 aromatic rings. The molecule has 0 radical (unpaired) electrons. The van der Waals surface area contributed by atoms with Gasteiger partial charge in [-0.15, -0.1) is 0 Å². The largest absolute Gasteiger partial charge is 0.294 e. The van der Waals surface area contributed by atoms with Crippen LogP contribution in [0.4, 0.5) is 0 Å². The average Bonchev–Trinajstić information content (AvgIpc) is 3.60. The molecule has 5 rings (SSSR count). The zero-order valence-corrected chi connectivity index (χ0v) is 27.1. The molecular weight excluding hydrogens is 484 g/mol. The first-order valence-electron chi connectivity index (χ1n) is 17.2. The summed E-state index contributed by atoms with van der Waals surface area (Å²) in [4.78, 5) is 5.46. The van der Waals surface area contributed by atoms with Crippen LogP contribution in [0.1, 0.15) is 130 Å². The molecule has 1 aliphatic heterocycles. The monoisotopic (exact) mass is 546 g/mol. The quantitative estimate of drug-likeness (QED) is 0.325. The minimum absolute atomic E-state index is 0.223. The molecule has 2 unspecified atom stereocenters. The van der Waals surface area contributed by atoms with Gasteiger partial charge in [0, 0.05) is 11.1 Å². The number of benzene rings is 2. The summed E-state index contributed by atoms with van der Waals surface area (Å²) in [5.74, 6) is 1.66. The Kier molecular flexibility index (Phi) is 13.7. The summed E-state index contributed by atoms with van der Waals surface area (Å²) < 4.78 is 0. The van der Waals surface area contributed by atoms with Crippen LogP contribution in [0.25, 0.3) is 0 Å². The first-order chi connectivity index (χ1) is 19.5. The van der Waals surface area contributed by atoms with E-state index in [1.807, 2.05) is 13.8 Å². The zero-order chi connectivity index (χ0) is 28.8. The van der Waals surface area contributed by atoms with Crippen LogP contribution in [0, 0.1) is 11.8 Å². The highest BCUT2D eigenvalue weighted by atomic mass is 15.2. The van der Waals surface area contributed by atoms with E-state index in [9.17, 15) is 0 Å². The van der Waals surface area contributed by atoms with Gasteiger partial charge in [0.25, 0.3) is 0 Å². The van der Waals surface area contributed by atoms with Crippen LogP contribution in [0.2, 0.25) is 0 Å². The standard InChI is InChI=1S/C19H29N.C17H27N.C2H6/c1-19(17-11-5-2-6-12-17,18-13-7-3-8-14-18)20-15-9-4-10-16-20;1-4-18(5-2)17(3,16-13-9-10-14-16)15-11-7-6-8-12-15;1-2/h2,5-6,11-12,18H,3-4,7-10,13-16H2,1H3;6-8,11-12,16H,4-5,9-10,13-14H2,1-3H3;1-2H3. The second kappa shape index (κ2) is 16.7. The highest BCUT2D eigenvalue weighted by molar-refractivity contribution is 5.26. The first-order valence-corrected chi connectivity index (χ1v) is 17.2. The zero-order valence-electron chi connectivity index (χ0n) is 27.1. The van der Waals surface area contributed by atoms with E-state index in [0.717, 1.165) is 24.9 Å². The van der Waals surface area contributed by atoms with Crippen LogP contribution >= 0.6 is 0 Å². The van der Waals surface area contributed by atoms with Crippen molar-refractivity contribution >= 4 is 0 Å². The second-order valence-electron chi connectivity index (χ2n) is 12.6. The molecule has 2 saturated carbocycles. The predicted molar refractivity (Wildman–Crippen MR) is 176 cm³/mol. The fraction of sp³-hybridized carbons (Fsp3) is 0.684. The van der Waals surface area contributed by atoms with Crippen LogP contribution in [0.5, 0.6) is 0 Å². The molecule has 2 atom stereocenters. The Morgan fingerprint density at radius 3 is 1.52 bits per heavy atom. The van der Waals surface area contributed by atoms with Crippen molar-refractivity contribution in [1.82, 2.24) is 9.80 Å². The number of likely N-dealkylation sites (tertiary alicyclic amines) is 1. The lowest BCUT2D eigenvalue weighted by Crippen LogP contribution is -2.51. The third kappa shape index (κ3) is 7.60. The van der Waals surface area contributed by atoms with Crippen LogP contribution in [0.3, 0.4) is 0 Å². The van der Waals surface area contributed by atoms with Gasteiger partial charge in [-0.2, -0.15) is 0 Å². The summed E-state index contributed by atoms with van der Waals surface area (Å²) in [6, 6.07) is 22.5. The van der Waals surface area contributed by atoms with Crippen molar-refractivity contribution < 1.29 is 0 Å². The predicted octanol–water partition coefficient (Wildman–Crippen LogP) is 10.4. The number of hydrogen-bond acceptors (Lipinski definition) is 2. The Hall–Kier alpha value is -1.64. The molecule has 2 aliphatic carbocycles. The molecule has 224 valence electrons. The average molecular weight is 547 g/mol. The number of hydrogen-bond donors (Lipinski definition) is 0. The van der Waals surface area contributed by atoms with Crippen molar-refractivity contribution in [1.29, 1.82) is 0 Å². The minimum atomic E-state index is 0.223. The summed E-state index contributed by atoms with van der Waals surface area (Å²) in [6.45, 7) is 18.4. The van der Waals surface area contributed by atoms with Gasteiger partial charge < -0.3 is 0 Å². The van der Waals surface area contributed by atoms with Crippen molar-refractivity contribution in [2.75, 3.05) is 26.2 Å². The molecule has 0 aromatic heterocycles. The van der Waals surface area contributed by atoms with Crippen molar-refractivity contribution in [3.63, 3.8) is 0 Å². The molecule has 0 bridgehead atoms. The lowest BCUT2D eigenvalue weighted by molar-refractivity contribution is 0.0110. The van der Waals surface area contributed by atoms with Gasteiger partial charge in [-0.1, -0.05) is 127 Å². The molecule has 1 heterocycles. The van der Waals surface area contributed by atoms with Gasteiger partial charge in [-0.25, -0.2) is 0 Å². The van der Waals surface area contributed by atoms with E-state index in [1.165, 1.54) is 95.7 Å². The van der Waals surface area contributed by atoms with E-state index in [-0.39, 0.29) is 11.1 Å². The maximum Gasteiger partial charge on any atom is 0.0460 e. The molecule has 0 N–H and O–H groups in total. The van der Waals surface area contributed by atoms with Gasteiger partial charge in [0.2, 0.25) is 0 Å². The molecule has 40 heavy (non-hydrogen) atoms. The molecule has 1 saturated heterocycles. The van der Waals surface area contributed by atoms with Gasteiger partial charge in [0.1, 0.15) is 0 Å². The summed E-state index contributed by atoms with van der Waals surface area (Å²) >= 11 is 0. The highest BCUT2D eigenvalue weighted by Crippen LogP contribution is 2.45. The molecule has 2 nitrogen and oxygen atoms in total. The van der Waals surface area contributed by atoms with Crippen LogP contribution < -0.4 is 0 Å². The number of nitrogens with zero attached hydrogens (tertiary/aromatic N) is 2. The van der Waals surface area contributed by atoms with Gasteiger partial charge in [-0.05, 0) is 102 Å².